The number of benzene rings is 3. The number of hydrogen-bond donors (Lipinski definition) is 2. The van der Waals surface area contributed by atoms with Crippen LogP contribution in [-0.4, -0.2) is 17.4 Å². The van der Waals surface area contributed by atoms with Crippen molar-refractivity contribution in [3.8, 4) is 0 Å². The number of rotatable bonds is 5. The van der Waals surface area contributed by atoms with Gasteiger partial charge in [-0.05, 0) is 30.2 Å². The molecule has 0 radical (unpaired) electrons. The fourth-order valence-electron chi connectivity index (χ4n) is 3.91. The van der Waals surface area contributed by atoms with Crippen LogP contribution in [0.1, 0.15) is 32.6 Å². The van der Waals surface area contributed by atoms with Crippen molar-refractivity contribution in [2.24, 2.45) is 0 Å². The van der Waals surface area contributed by atoms with E-state index in [2.05, 4.69) is 29.6 Å². The van der Waals surface area contributed by atoms with Crippen LogP contribution in [0.3, 0.4) is 0 Å². The number of nitro benzene ring substituents is 1. The molecule has 0 bridgehead atoms. The molecule has 1 heterocycles. The second-order valence-corrected chi connectivity index (χ2v) is 7.78. The van der Waals surface area contributed by atoms with E-state index in [4.69, 9.17) is 0 Å². The second kappa shape index (κ2) is 8.47. The summed E-state index contributed by atoms with van der Waals surface area (Å²) < 4.78 is 0. The molecule has 4 rings (SSSR count). The van der Waals surface area contributed by atoms with Gasteiger partial charge in [-0.3, -0.25) is 14.9 Å². The SMILES string of the molecule is Cc1ccc([N+](=O)[O-])cc1NC(=O)c1ccc(C[NH+]2CCc3ccccc3C2)cc1. The number of hydrogen-bond acceptors (Lipinski definition) is 3. The van der Waals surface area contributed by atoms with Crippen molar-refractivity contribution in [2.45, 2.75) is 26.4 Å². The Balaban J connectivity index is 1.41. The zero-order valence-electron chi connectivity index (χ0n) is 16.9. The summed E-state index contributed by atoms with van der Waals surface area (Å²) in [5, 5.41) is 13.8. The number of non-ortho nitro benzene ring substituents is 1. The van der Waals surface area contributed by atoms with Crippen molar-refractivity contribution in [3.05, 3.63) is 105 Å². The molecule has 0 aromatic heterocycles. The van der Waals surface area contributed by atoms with Gasteiger partial charge in [0.15, 0.2) is 0 Å². The number of quaternary nitrogens is 1. The van der Waals surface area contributed by atoms with Crippen LogP contribution < -0.4 is 10.2 Å². The van der Waals surface area contributed by atoms with Crippen LogP contribution in [0.15, 0.2) is 66.7 Å². The fraction of sp³-hybridized carbons (Fsp3) is 0.208. The van der Waals surface area contributed by atoms with Gasteiger partial charge >= 0.3 is 0 Å². The largest absolute Gasteiger partial charge is 0.327 e. The highest BCUT2D eigenvalue weighted by Crippen LogP contribution is 2.22. The molecular weight excluding hydrogens is 378 g/mol. The smallest absolute Gasteiger partial charge is 0.271 e. The molecule has 1 aliphatic rings. The number of nitro groups is 1. The van der Waals surface area contributed by atoms with Gasteiger partial charge in [0.1, 0.15) is 13.1 Å². The van der Waals surface area contributed by atoms with E-state index in [1.165, 1.54) is 33.7 Å². The predicted octanol–water partition coefficient (Wildman–Crippen LogP) is 3.30. The van der Waals surface area contributed by atoms with Crippen LogP contribution in [-0.2, 0) is 19.5 Å². The lowest BCUT2D eigenvalue weighted by Gasteiger charge is -2.26. The van der Waals surface area contributed by atoms with Crippen molar-refractivity contribution in [1.29, 1.82) is 0 Å². The summed E-state index contributed by atoms with van der Waals surface area (Å²) in [5.41, 5.74) is 5.77. The van der Waals surface area contributed by atoms with Gasteiger partial charge in [0.05, 0.1) is 17.2 Å². The minimum atomic E-state index is -0.467. The Bertz CT molecular complexity index is 1090. The highest BCUT2D eigenvalue weighted by atomic mass is 16.6. The average molecular weight is 402 g/mol. The number of amides is 1. The molecule has 6 nitrogen and oxygen atoms in total. The van der Waals surface area contributed by atoms with Gasteiger partial charge in [-0.2, -0.15) is 0 Å². The number of carbonyl (C=O) groups is 1. The van der Waals surface area contributed by atoms with E-state index in [-0.39, 0.29) is 11.6 Å². The highest BCUT2D eigenvalue weighted by molar-refractivity contribution is 6.04. The van der Waals surface area contributed by atoms with Gasteiger partial charge in [-0.1, -0.05) is 42.5 Å². The number of nitrogens with zero attached hydrogens (tertiary/aromatic N) is 1. The summed E-state index contributed by atoms with van der Waals surface area (Å²) in [6, 6.07) is 20.7. The van der Waals surface area contributed by atoms with E-state index >= 15 is 0 Å². The zero-order valence-corrected chi connectivity index (χ0v) is 16.9. The second-order valence-electron chi connectivity index (χ2n) is 7.78. The molecule has 0 saturated carbocycles. The van der Waals surface area contributed by atoms with Gasteiger partial charge < -0.3 is 10.2 Å². The normalized spacial score (nSPS) is 15.3. The lowest BCUT2D eigenvalue weighted by Crippen LogP contribution is -3.10. The number of carbonyl (C=O) groups excluding carboxylic acids is 1. The van der Waals surface area contributed by atoms with Crippen LogP contribution >= 0.6 is 0 Å². The van der Waals surface area contributed by atoms with E-state index in [1.807, 2.05) is 31.2 Å². The molecule has 0 aliphatic carbocycles. The predicted molar refractivity (Wildman–Crippen MR) is 116 cm³/mol. The molecule has 152 valence electrons. The molecule has 3 aromatic carbocycles. The third-order valence-corrected chi connectivity index (χ3v) is 5.66. The lowest BCUT2D eigenvalue weighted by atomic mass is 9.99. The van der Waals surface area contributed by atoms with Crippen LogP contribution in [0.5, 0.6) is 0 Å². The maximum Gasteiger partial charge on any atom is 0.271 e. The molecule has 1 amide bonds. The number of aryl methyl sites for hydroxylation is 1. The Hall–Kier alpha value is -3.51. The Kier molecular flexibility index (Phi) is 5.59. The van der Waals surface area contributed by atoms with Gasteiger partial charge in [0.25, 0.3) is 11.6 Å². The van der Waals surface area contributed by atoms with E-state index in [0.717, 1.165) is 31.6 Å². The number of anilines is 1. The quantitative estimate of drug-likeness (QED) is 0.508. The Labute approximate surface area is 175 Å². The lowest BCUT2D eigenvalue weighted by molar-refractivity contribution is -0.929. The molecule has 0 fully saturated rings. The first-order chi connectivity index (χ1) is 14.5. The van der Waals surface area contributed by atoms with Gasteiger partial charge in [-0.25, -0.2) is 0 Å². The topological polar surface area (TPSA) is 76.7 Å². The minimum absolute atomic E-state index is 0.0441. The summed E-state index contributed by atoms with van der Waals surface area (Å²) in [6.07, 6.45) is 1.09. The maximum atomic E-state index is 12.6. The molecule has 1 unspecified atom stereocenters. The molecule has 30 heavy (non-hydrogen) atoms. The molecule has 1 aliphatic heterocycles. The highest BCUT2D eigenvalue weighted by Gasteiger charge is 2.19. The van der Waals surface area contributed by atoms with Crippen LogP contribution in [0.25, 0.3) is 0 Å². The third kappa shape index (κ3) is 4.39. The van der Waals surface area contributed by atoms with Crippen molar-refractivity contribution >= 4 is 17.3 Å². The summed E-state index contributed by atoms with van der Waals surface area (Å²) in [5.74, 6) is -0.274. The first-order valence-corrected chi connectivity index (χ1v) is 10.1. The van der Waals surface area contributed by atoms with Crippen LogP contribution in [0, 0.1) is 17.0 Å². The van der Waals surface area contributed by atoms with Crippen molar-refractivity contribution in [2.75, 3.05) is 11.9 Å². The van der Waals surface area contributed by atoms with Gasteiger partial charge in [-0.15, -0.1) is 0 Å². The van der Waals surface area contributed by atoms with E-state index in [1.54, 1.807) is 6.07 Å². The fourth-order valence-corrected chi connectivity index (χ4v) is 3.91. The van der Waals surface area contributed by atoms with Gasteiger partial charge in [0.2, 0.25) is 0 Å². The molecule has 1 atom stereocenters. The van der Waals surface area contributed by atoms with Crippen molar-refractivity contribution < 1.29 is 14.6 Å². The zero-order chi connectivity index (χ0) is 21.1. The monoisotopic (exact) mass is 402 g/mol. The summed E-state index contributed by atoms with van der Waals surface area (Å²) in [4.78, 5) is 24.6. The Morgan fingerprint density at radius 2 is 1.80 bits per heavy atom. The van der Waals surface area contributed by atoms with Crippen LogP contribution in [0.4, 0.5) is 11.4 Å². The molecule has 3 aromatic rings. The molecule has 0 spiro atoms. The molecular formula is C24H24N3O3+. The first kappa shape index (κ1) is 19.8. The van der Waals surface area contributed by atoms with Crippen molar-refractivity contribution in [3.63, 3.8) is 0 Å². The maximum absolute atomic E-state index is 12.6. The third-order valence-electron chi connectivity index (χ3n) is 5.66. The van der Waals surface area contributed by atoms with E-state index < -0.39 is 4.92 Å². The Morgan fingerprint density at radius 1 is 1.07 bits per heavy atom. The number of fused-ring (bicyclic) bond motifs is 1. The Morgan fingerprint density at radius 3 is 2.53 bits per heavy atom. The summed E-state index contributed by atoms with van der Waals surface area (Å²) in [7, 11) is 0. The van der Waals surface area contributed by atoms with E-state index in [9.17, 15) is 14.9 Å². The minimum Gasteiger partial charge on any atom is -0.327 e. The molecule has 2 N–H and O–H groups in total. The summed E-state index contributed by atoms with van der Waals surface area (Å²) >= 11 is 0. The molecule has 0 saturated heterocycles. The van der Waals surface area contributed by atoms with Crippen LogP contribution in [0.2, 0.25) is 0 Å². The first-order valence-electron chi connectivity index (χ1n) is 10.1. The molecule has 6 heteroatoms. The van der Waals surface area contributed by atoms with Gasteiger partial charge in [0, 0.05) is 35.2 Å². The standard InChI is InChI=1S/C24H23N3O3/c1-17-6-11-22(27(29)30)14-23(17)25-24(28)20-9-7-18(8-10-20)15-26-13-12-19-4-2-3-5-21(19)16-26/h2-11,14H,12-13,15-16H2,1H3,(H,25,28)/p+1. The van der Waals surface area contributed by atoms with E-state index in [0.29, 0.717) is 11.3 Å². The average Bonchev–Trinajstić information content (AvgIpc) is 2.75. The number of nitrogens with one attached hydrogen (secondary N) is 2. The van der Waals surface area contributed by atoms with Crippen molar-refractivity contribution in [1.82, 2.24) is 0 Å². The summed E-state index contributed by atoms with van der Waals surface area (Å²) in [6.45, 7) is 4.85.